The lowest BCUT2D eigenvalue weighted by atomic mass is 8.19. The topological polar surface area (TPSA) is 0 Å². The maximum atomic E-state index is 1.95. The fraction of sp³-hybridized carbons (Fsp3) is 1.00. The molecule has 0 saturated heterocycles. The molecule has 0 heterocycles. The summed E-state index contributed by atoms with van der Waals surface area (Å²) in [6.07, 6.45) is 7.82. The highest BCUT2D eigenvalue weighted by Crippen LogP contribution is 4.00. The summed E-state index contributed by atoms with van der Waals surface area (Å²) in [5.74, 6) is 70.9. The van der Waals surface area contributed by atoms with Crippen LogP contribution >= 0.6 is 0 Å². The summed E-state index contributed by atoms with van der Waals surface area (Å²) < 4.78 is 0. The van der Waals surface area contributed by atoms with Crippen LogP contribution in [-0.2, 0) is 0 Å². The average molecular weight is 1820 g/mol. The Kier molecular flexibility index (Phi) is 1.79. The van der Waals surface area contributed by atoms with Crippen LogP contribution in [0.15, 0.2) is 0 Å². The van der Waals surface area contributed by atoms with E-state index in [0.717, 1.165) is 271 Å². The minimum atomic E-state index is 1.11. The Morgan fingerprint density at radius 3 is 0.245 bits per heavy atom. The molecule has 116 unspecified atom stereocenters. The minimum absolute atomic E-state index is 1.11. The van der Waals surface area contributed by atoms with E-state index in [9.17, 15) is 0 Å². The van der Waals surface area contributed by atoms with Gasteiger partial charge in [-0.15, -0.1) is 0 Å². The molecule has 120 fully saturated rings. The third-order valence-corrected chi connectivity index (χ3v) is 142. The third kappa shape index (κ3) is 0.777. The molecule has 0 aromatic rings. The number of rotatable bonds is 0. The Hall–Kier alpha value is 0. The summed E-state index contributed by atoms with van der Waals surface area (Å²) >= 11 is 0. The molecule has 0 amide bonds. The molecule has 95 spiro atoms. The van der Waals surface area contributed by atoms with Crippen molar-refractivity contribution >= 4 is 0 Å². The normalized spacial score (nSPS) is 160. The van der Waals surface area contributed by atoms with Crippen LogP contribution < -0.4 is 0 Å². The van der Waals surface area contributed by atoms with Crippen molar-refractivity contribution in [3.05, 3.63) is 287 Å². The number of fused-ring (bicyclic) bond motifs is 44. The van der Waals surface area contributed by atoms with Gasteiger partial charge in [0.1, 0.15) is 0 Å². The van der Waals surface area contributed by atoms with Gasteiger partial charge in [0.25, 0.3) is 0 Å². The van der Waals surface area contributed by atoms with Gasteiger partial charge in [-0.05, 0) is 824 Å². The van der Waals surface area contributed by atoms with Gasteiger partial charge >= 0.3 is 0 Å². The molecule has 0 heteroatoms. The van der Waals surface area contributed by atoms with Gasteiger partial charge in [0, 0.05) is 0 Å². The highest BCUT2D eigenvalue weighted by atomic mass is 16.0. The van der Waals surface area contributed by atoms with E-state index in [-0.39, 0.29) is 0 Å². The molecule has 147 heavy (non-hydrogen) atoms. The van der Waals surface area contributed by atoms with Gasteiger partial charge < -0.3 is 0 Å². The van der Waals surface area contributed by atoms with Gasteiger partial charge in [0.2, 0.25) is 0 Å². The van der Waals surface area contributed by atoms with Crippen LogP contribution in [0.5, 0.6) is 0 Å². The van der Waals surface area contributed by atoms with Gasteiger partial charge in [-0.2, -0.15) is 0 Å². The zero-order chi connectivity index (χ0) is 78.0. The second-order valence-corrected chi connectivity index (χ2v) is 101. The third-order valence-electron chi connectivity index (χ3n) is 142. The van der Waals surface area contributed by atoms with Crippen LogP contribution in [0.25, 0.3) is 0 Å². The summed E-state index contributed by atoms with van der Waals surface area (Å²) in [7, 11) is 0. The molecule has 0 aliphatic heterocycles. The zero-order valence-corrected chi connectivity index (χ0v) is 78.0. The molecule has 0 aromatic heterocycles. The molecule has 0 bridgehead atoms. The lowest BCUT2D eigenvalue weighted by molar-refractivity contribution is -0.993. The van der Waals surface area contributed by atoms with Crippen LogP contribution in [0, 0.1) is 798 Å². The second kappa shape index (κ2) is 5.95. The summed E-state index contributed by atoms with van der Waals surface area (Å²) in [6.45, 7) is 0. The maximum absolute atomic E-state index is 1.95. The van der Waals surface area contributed by atoms with Gasteiger partial charge in [0.15, 0.2) is 0 Å². The van der Waals surface area contributed by atoms with E-state index in [1.165, 1.54) is 528 Å². The van der Waals surface area contributed by atoms with Crippen molar-refractivity contribution in [2.75, 3.05) is 0 Å². The zero-order valence-electron chi connectivity index (χ0n) is 78.0. The lowest BCUT2D eigenvalue weighted by Crippen LogP contribution is -3.77. The second-order valence-electron chi connectivity index (χ2n) is 101. The Labute approximate surface area is 817 Å². The molecule has 120 aliphatic rings. The summed E-state index contributed by atoms with van der Waals surface area (Å²) in [6, 6.07) is 0. The quantitative estimate of drug-likeness (QED) is 0.227. The molecule has 120 saturated carbocycles. The smallest absolute Gasteiger partial charge is 0.0000249 e. The van der Waals surface area contributed by atoms with Crippen molar-refractivity contribution in [3.63, 3.8) is 0 Å². The van der Waals surface area contributed by atoms with Crippen molar-refractivity contribution in [2.45, 2.75) is 25.7 Å². The molecule has 0 aromatic carbocycles. The predicted octanol–water partition coefficient (Wildman–Crippen LogP) is 11.8. The Morgan fingerprint density at radius 2 is 0.129 bits per heavy atom. The SMILES string of the molecule is C1C2C3C4C5C6CC7C8C9C%10C%11C%12C%13C%14C%15C%16C%17C%18C%19C%20C%21C%22C%23C%24C%25CC%26C%27C%28C%29C%30CC%31C%32C%33C%34C%35C%36C%37C%38C%39C%40C%41C%42C%43C%44C%45C%46C%47C%48C1C21C32C43C54C67C85C96C%107C%118C%129C%13%10C%14%11C%15%12C%16%13C%17%14C%18%15C%19%16C%20%17C%21%18C%22%19C%23%20C%24%21C%26%25C%27%22C%28%23C%29%24C%30%31C%32%25C%33%26C%34%27C%35%28C%36%29C%37%30C%38%31C%39%32C%40%33C%41%34C%42%35C%43%36C%44%37C%45%38C%46%39C%47%40C%481C21C32C45C63C74C85C96C%107C%118C%129C%13%10C%14%11C%15%12C%16%13C%17%14C%18%15C%19%16C%20%17C%22%21C%23%18C%24%25C%26%19C%27%20C%28%21C%29%22C%30%23C%31%24C%32%25C%33%26C%34%27C%35%28C%36%29C%37%30C%38%31C%39%32C%401C23C%324C%315C%306C%297C%288C%279C%26%10C%25%11C%24%12C%23%13C%22%14C%21%15C%20%16C%18%19%17. The van der Waals surface area contributed by atoms with Crippen LogP contribution in [0.2, 0.25) is 0 Å². The van der Waals surface area contributed by atoms with E-state index in [1.807, 2.05) is 25.7 Å². The van der Waals surface area contributed by atoms with Crippen molar-refractivity contribution in [1.82, 2.24) is 0 Å². The van der Waals surface area contributed by atoms with E-state index < -0.39 is 0 Å². The summed E-state index contributed by atoms with van der Waals surface area (Å²) in [4.78, 5) is 0. The van der Waals surface area contributed by atoms with Crippen LogP contribution in [0.3, 0.4) is 0 Å². The first-order chi connectivity index (χ1) is 73.3. The highest BCUT2D eigenvalue weighted by Gasteiger charge is 3.94. The summed E-state index contributed by atoms with van der Waals surface area (Å²) in [5.41, 5.74) is 110. The molecular weight excluding hydrogens is 1770 g/mol. The molecular formula is C147H56. The van der Waals surface area contributed by atoms with E-state index in [1.54, 1.807) is 0 Å². The lowest BCUT2D eigenvalue weighted by Gasteiger charge is -3.83. The largest absolute Gasteiger partial charge is 0.0458 e. The van der Waals surface area contributed by atoms with Crippen molar-refractivity contribution in [3.8, 4) is 0 Å². The Balaban J connectivity index is 0.448. The van der Waals surface area contributed by atoms with Crippen LogP contribution in [0.4, 0.5) is 0 Å². The van der Waals surface area contributed by atoms with Crippen molar-refractivity contribution < 1.29 is 0 Å². The first-order valence-electron chi connectivity index (χ1n) is 73.3. The first kappa shape index (κ1) is 44.3. The van der Waals surface area contributed by atoms with Gasteiger partial charge in [-0.3, -0.25) is 0 Å². The first-order valence-corrected chi connectivity index (χ1v) is 73.3. The van der Waals surface area contributed by atoms with Crippen molar-refractivity contribution in [2.24, 2.45) is 511 Å². The standard InChI is InChI=1S/C147H56/c1-5-13-21-14-6-2-10-18-24-28-32-36-40-45-49-52-50-46-42-38-34-30-26-20-12-4-8-16-22-15-7-3-11-19-25-29-33-37-41-44-48-51-47-43-39-35-31-27-23-17-9(1)53(5)57(13)65(21)58(14)54(6,10)62(18)68(24)72(28)76(32)80(36)84(40)89(45)93(49)96(52)94(50)90(46)86(42)82(38)78(34)74(30)70(26)64(20)56(8,12)60(16)66(22)59(15)55(7,11)63(19)69(25)73(29)77(33)81(37)85(41)88(44)92(48)95(51)91(47)87(43)83(39)79(35)75(31)71(27)67(23)61(17,53)97(57)101(65)98(58,62)104(68)108(72)112(76)116(80)120(84)124(89)129(93)132(96)130(94)126(90)122(86)118(82)114(78)110(74)106(70)100(60,64)102(66)99(59,63)105(69)109(73)113(77)117(81)121(85)125(88)128(92)131(95)127(91)123(87)119(83)115(79)111(75)107(71)103(67,97)133(101,104)135(107,108)137(111,112)139(115,116)141(119,120)143(123,124)145(127,129)147(131,132)146(128,130)144(125,126)142(121,122)140(117,118)138(113,114)136(109,110)134(102,105)106/h5-52H,1-4H2. The molecule has 0 N–H and O–H groups in total. The fourth-order valence-electron chi connectivity index (χ4n) is 190. The van der Waals surface area contributed by atoms with Gasteiger partial charge in [0.05, 0.1) is 0 Å². The van der Waals surface area contributed by atoms with Crippen molar-refractivity contribution in [1.29, 1.82) is 0 Å². The van der Waals surface area contributed by atoms with Crippen LogP contribution in [0.1, 0.15) is 25.7 Å². The molecule has 120 aliphatic carbocycles. The minimum Gasteiger partial charge on any atom is -0.0458 e. The average Bonchev–Trinajstić information content (AvgIpc) is 0.392. The molecule has 0 nitrogen and oxygen atoms in total. The predicted molar refractivity (Wildman–Crippen MR) is 460 cm³/mol. The van der Waals surface area contributed by atoms with E-state index in [4.69, 9.17) is 0 Å². The maximum Gasteiger partial charge on any atom is -0.0000249 e. The number of hydrogen-bond acceptors (Lipinski definition) is 0. The molecule has 116 atom stereocenters. The van der Waals surface area contributed by atoms with E-state index >= 15 is 0 Å². The number of hydrogen-bond donors (Lipinski definition) is 0. The van der Waals surface area contributed by atoms with Gasteiger partial charge in [-0.25, -0.2) is 0 Å². The van der Waals surface area contributed by atoms with E-state index in [2.05, 4.69) is 0 Å². The summed E-state index contributed by atoms with van der Waals surface area (Å²) in [5, 5.41) is 0. The van der Waals surface area contributed by atoms with E-state index in [0.29, 0.717) is 0 Å². The molecule has 120 rings (SSSR count). The highest BCUT2D eigenvalue weighted by molar-refractivity contribution is 6.98. The fourth-order valence-corrected chi connectivity index (χ4v) is 190. The Bertz CT molecular complexity index is 12000. The monoisotopic (exact) mass is 1820 g/mol. The molecule has 0 radical (unpaired) electrons. The van der Waals surface area contributed by atoms with Crippen LogP contribution in [-0.4, -0.2) is 0 Å². The Morgan fingerprint density at radius 1 is 0.0612 bits per heavy atom. The van der Waals surface area contributed by atoms with Gasteiger partial charge in [-0.1, -0.05) is 0 Å². The molecule has 644 valence electrons.